The Balaban J connectivity index is 1.92. The number of rotatable bonds is 6. The highest BCUT2D eigenvalue weighted by molar-refractivity contribution is 8.27. The number of benzene rings is 2. The molecule has 0 unspecified atom stereocenters. The van der Waals surface area contributed by atoms with Crippen molar-refractivity contribution in [2.45, 2.75) is 4.90 Å². The van der Waals surface area contributed by atoms with Crippen LogP contribution in [0.4, 0.5) is 11.4 Å². The number of hydrogen-bond acceptors (Lipinski definition) is 7. The second-order valence-corrected chi connectivity index (χ2v) is 9.30. The van der Waals surface area contributed by atoms with Crippen molar-refractivity contribution in [1.82, 2.24) is 0 Å². The van der Waals surface area contributed by atoms with Gasteiger partial charge in [-0.05, 0) is 35.9 Å². The minimum atomic E-state index is -0.488. The Morgan fingerprint density at radius 3 is 2.66 bits per heavy atom. The number of carbonyl (C=O) groups is 1. The van der Waals surface area contributed by atoms with E-state index < -0.39 is 4.92 Å². The van der Waals surface area contributed by atoms with Crippen molar-refractivity contribution in [3.8, 4) is 0 Å². The van der Waals surface area contributed by atoms with Gasteiger partial charge in [0, 0.05) is 11.8 Å². The lowest BCUT2D eigenvalue weighted by atomic mass is 10.2. The minimum Gasteiger partial charge on any atom is -0.396 e. The molecule has 2 aromatic carbocycles. The van der Waals surface area contributed by atoms with Crippen LogP contribution in [0, 0.1) is 10.1 Å². The number of thiocarbonyl (C=S) groups is 1. The number of aliphatic hydroxyl groups is 1. The summed E-state index contributed by atoms with van der Waals surface area (Å²) in [5.41, 5.74) is 0.906. The van der Waals surface area contributed by atoms with Gasteiger partial charge in [-0.2, -0.15) is 0 Å². The molecule has 1 aliphatic rings. The smallest absolute Gasteiger partial charge is 0.283 e. The van der Waals surface area contributed by atoms with E-state index in [-0.39, 0.29) is 18.2 Å². The summed E-state index contributed by atoms with van der Waals surface area (Å²) in [6, 6.07) is 9.44. The van der Waals surface area contributed by atoms with Crippen LogP contribution in [0.15, 0.2) is 46.2 Å². The van der Waals surface area contributed by atoms with Crippen molar-refractivity contribution < 1.29 is 14.8 Å². The number of nitro benzene ring substituents is 1. The number of amides is 1. The van der Waals surface area contributed by atoms with Gasteiger partial charge in [-0.1, -0.05) is 53.2 Å². The van der Waals surface area contributed by atoms with E-state index in [1.807, 2.05) is 0 Å². The topological polar surface area (TPSA) is 83.7 Å². The Labute approximate surface area is 190 Å². The van der Waals surface area contributed by atoms with Gasteiger partial charge < -0.3 is 5.11 Å². The standard InChI is InChI=1S/C18H12Cl2N2O4S3/c19-12-3-2-11(9-13(12)20)21-17(24)16(29-18(21)27)8-10-1-4-15(28-6-5-23)14(7-10)22(25)26/h1-4,7-9,23H,5-6H2/b16-8+. The number of nitro groups is 1. The highest BCUT2D eigenvalue weighted by Crippen LogP contribution is 2.38. The van der Waals surface area contributed by atoms with Crippen molar-refractivity contribution in [2.75, 3.05) is 17.3 Å². The monoisotopic (exact) mass is 486 g/mol. The van der Waals surface area contributed by atoms with Crippen LogP contribution in [0.2, 0.25) is 10.0 Å². The molecule has 1 heterocycles. The summed E-state index contributed by atoms with van der Waals surface area (Å²) in [7, 11) is 0. The van der Waals surface area contributed by atoms with E-state index in [0.29, 0.717) is 41.2 Å². The van der Waals surface area contributed by atoms with Gasteiger partial charge in [0.05, 0.1) is 37.1 Å². The molecule has 0 aliphatic carbocycles. The minimum absolute atomic E-state index is 0.0826. The normalized spacial score (nSPS) is 15.4. The quantitative estimate of drug-likeness (QED) is 0.192. The zero-order valence-electron chi connectivity index (χ0n) is 14.5. The number of halogens is 2. The molecule has 1 fully saturated rings. The van der Waals surface area contributed by atoms with Crippen LogP contribution in [-0.2, 0) is 4.79 Å². The van der Waals surface area contributed by atoms with E-state index in [2.05, 4.69) is 0 Å². The van der Waals surface area contributed by atoms with Crippen LogP contribution < -0.4 is 4.90 Å². The summed E-state index contributed by atoms with van der Waals surface area (Å²) in [6.45, 7) is -0.0826. The Bertz CT molecular complexity index is 1050. The van der Waals surface area contributed by atoms with Gasteiger partial charge in [-0.25, -0.2) is 0 Å². The lowest BCUT2D eigenvalue weighted by Crippen LogP contribution is -2.27. The SMILES string of the molecule is O=C1/C(=C\c2ccc(SCCO)c([N+](=O)[O-])c2)SC(=S)N1c1ccc(Cl)c(Cl)c1. The summed E-state index contributed by atoms with van der Waals surface area (Å²) < 4.78 is 0.323. The Morgan fingerprint density at radius 2 is 2.00 bits per heavy atom. The van der Waals surface area contributed by atoms with Gasteiger partial charge in [-0.3, -0.25) is 19.8 Å². The fraction of sp³-hybridized carbons (Fsp3) is 0.111. The molecule has 0 saturated carbocycles. The van der Waals surface area contributed by atoms with Crippen LogP contribution in [0.1, 0.15) is 5.56 Å². The summed E-state index contributed by atoms with van der Waals surface area (Å²) in [5, 5.41) is 21.0. The maximum Gasteiger partial charge on any atom is 0.283 e. The van der Waals surface area contributed by atoms with E-state index in [0.717, 1.165) is 11.8 Å². The number of aliphatic hydroxyl groups excluding tert-OH is 1. The fourth-order valence-electron chi connectivity index (χ4n) is 2.51. The molecule has 1 amide bonds. The van der Waals surface area contributed by atoms with Gasteiger partial charge in [0.15, 0.2) is 4.32 Å². The molecule has 0 aromatic heterocycles. The van der Waals surface area contributed by atoms with Crippen molar-refractivity contribution in [3.05, 3.63) is 67.0 Å². The first kappa shape index (κ1) is 22.1. The summed E-state index contributed by atoms with van der Waals surface area (Å²) in [4.78, 5) is 25.9. The molecule has 1 N–H and O–H groups in total. The molecule has 150 valence electrons. The van der Waals surface area contributed by atoms with E-state index in [4.69, 9.17) is 40.5 Å². The van der Waals surface area contributed by atoms with Crippen LogP contribution in [-0.4, -0.2) is 32.6 Å². The van der Waals surface area contributed by atoms with E-state index in [1.165, 1.54) is 22.7 Å². The second-order valence-electron chi connectivity index (χ2n) is 5.67. The van der Waals surface area contributed by atoms with Gasteiger partial charge in [-0.15, -0.1) is 11.8 Å². The molecule has 1 aliphatic heterocycles. The molecule has 29 heavy (non-hydrogen) atoms. The number of thioether (sulfide) groups is 2. The highest BCUT2D eigenvalue weighted by atomic mass is 35.5. The van der Waals surface area contributed by atoms with E-state index in [9.17, 15) is 14.9 Å². The molecule has 0 radical (unpaired) electrons. The predicted octanol–water partition coefficient (Wildman–Crippen LogP) is 5.39. The van der Waals surface area contributed by atoms with Crippen molar-refractivity contribution >= 4 is 86.6 Å². The average Bonchev–Trinajstić information content (AvgIpc) is 2.96. The Morgan fingerprint density at radius 1 is 1.24 bits per heavy atom. The molecule has 2 aromatic rings. The first-order valence-electron chi connectivity index (χ1n) is 8.07. The summed E-state index contributed by atoms with van der Waals surface area (Å²) >= 11 is 19.6. The van der Waals surface area contributed by atoms with Gasteiger partial charge >= 0.3 is 0 Å². The summed E-state index contributed by atoms with van der Waals surface area (Å²) in [5.74, 6) is 0.00227. The van der Waals surface area contributed by atoms with Gasteiger partial charge in [0.25, 0.3) is 11.6 Å². The molecule has 1 saturated heterocycles. The van der Waals surface area contributed by atoms with Crippen molar-refractivity contribution in [2.24, 2.45) is 0 Å². The zero-order chi connectivity index (χ0) is 21.1. The maximum absolute atomic E-state index is 12.9. The van der Waals surface area contributed by atoms with Crippen LogP contribution in [0.5, 0.6) is 0 Å². The largest absolute Gasteiger partial charge is 0.396 e. The second kappa shape index (κ2) is 9.46. The lowest BCUT2D eigenvalue weighted by molar-refractivity contribution is -0.387. The Hall–Kier alpha value is -1.62. The van der Waals surface area contributed by atoms with Crippen molar-refractivity contribution in [1.29, 1.82) is 0 Å². The molecular formula is C18H12Cl2N2O4S3. The number of carbonyl (C=O) groups excluding carboxylic acids is 1. The molecule has 0 atom stereocenters. The van der Waals surface area contributed by atoms with E-state index >= 15 is 0 Å². The molecular weight excluding hydrogens is 475 g/mol. The van der Waals surface area contributed by atoms with Crippen LogP contribution in [0.3, 0.4) is 0 Å². The maximum atomic E-state index is 12.9. The molecule has 3 rings (SSSR count). The molecule has 0 spiro atoms. The molecule has 0 bridgehead atoms. The lowest BCUT2D eigenvalue weighted by Gasteiger charge is -2.15. The van der Waals surface area contributed by atoms with Gasteiger partial charge in [0.2, 0.25) is 0 Å². The van der Waals surface area contributed by atoms with Crippen molar-refractivity contribution in [3.63, 3.8) is 0 Å². The highest BCUT2D eigenvalue weighted by Gasteiger charge is 2.33. The first-order valence-corrected chi connectivity index (χ1v) is 11.0. The third kappa shape index (κ3) is 4.93. The molecule has 6 nitrogen and oxygen atoms in total. The third-order valence-electron chi connectivity index (χ3n) is 3.78. The van der Waals surface area contributed by atoms with Crippen LogP contribution in [0.25, 0.3) is 6.08 Å². The number of hydrogen-bond donors (Lipinski definition) is 1. The Kier molecular flexibility index (Phi) is 7.20. The number of anilines is 1. The third-order valence-corrected chi connectivity index (χ3v) is 6.87. The predicted molar refractivity (Wildman–Crippen MR) is 123 cm³/mol. The fourth-order valence-corrected chi connectivity index (χ4v) is 4.86. The van der Waals surface area contributed by atoms with E-state index in [1.54, 1.807) is 36.4 Å². The zero-order valence-corrected chi connectivity index (χ0v) is 18.5. The van der Waals surface area contributed by atoms with Crippen LogP contribution >= 0.6 is 58.9 Å². The molecule has 11 heteroatoms. The summed E-state index contributed by atoms with van der Waals surface area (Å²) in [6.07, 6.45) is 1.56. The average molecular weight is 487 g/mol. The van der Waals surface area contributed by atoms with Gasteiger partial charge in [0.1, 0.15) is 0 Å². The first-order chi connectivity index (χ1) is 13.8. The number of nitrogens with zero attached hydrogens (tertiary/aromatic N) is 2.